The van der Waals surface area contributed by atoms with Crippen molar-refractivity contribution in [2.75, 3.05) is 19.7 Å². The van der Waals surface area contributed by atoms with Crippen LogP contribution in [-0.4, -0.2) is 49.7 Å². The van der Waals surface area contributed by atoms with Gasteiger partial charge in [-0.25, -0.2) is 13.4 Å². The van der Waals surface area contributed by atoms with E-state index >= 15 is 0 Å². The van der Waals surface area contributed by atoms with E-state index in [-0.39, 0.29) is 18.0 Å². The van der Waals surface area contributed by atoms with Gasteiger partial charge in [0.2, 0.25) is 10.0 Å². The lowest BCUT2D eigenvalue weighted by molar-refractivity contribution is -0.231. The molecule has 0 spiro atoms. The van der Waals surface area contributed by atoms with Crippen LogP contribution in [0.3, 0.4) is 0 Å². The summed E-state index contributed by atoms with van der Waals surface area (Å²) in [6.45, 7) is 2.02. The van der Waals surface area contributed by atoms with Crippen molar-refractivity contribution in [2.45, 2.75) is 31.0 Å². The van der Waals surface area contributed by atoms with Crippen LogP contribution < -0.4 is 0 Å². The average molecular weight is 390 g/mol. The lowest BCUT2D eigenvalue weighted by Gasteiger charge is -2.33. The van der Waals surface area contributed by atoms with Crippen LogP contribution in [0.5, 0.6) is 0 Å². The van der Waals surface area contributed by atoms with E-state index in [9.17, 15) is 21.6 Å². The molecule has 1 unspecified atom stereocenters. The van der Waals surface area contributed by atoms with Crippen LogP contribution in [0.4, 0.5) is 13.2 Å². The van der Waals surface area contributed by atoms with Crippen molar-refractivity contribution in [1.29, 1.82) is 0 Å². The van der Waals surface area contributed by atoms with Gasteiger partial charge in [0.25, 0.3) is 0 Å². The Kier molecular flexibility index (Phi) is 4.84. The number of ether oxygens (including phenoxy) is 1. The molecule has 1 atom stereocenters. The molecule has 1 fully saturated rings. The molecule has 6 nitrogen and oxygen atoms in total. The molecule has 1 saturated heterocycles. The normalized spacial score (nSPS) is 19.7. The van der Waals surface area contributed by atoms with E-state index in [1.54, 1.807) is 26.0 Å². The van der Waals surface area contributed by atoms with Crippen molar-refractivity contribution in [3.05, 3.63) is 35.9 Å². The molecule has 142 valence electrons. The Labute approximate surface area is 148 Å². The van der Waals surface area contributed by atoms with Gasteiger partial charge in [0, 0.05) is 25.6 Å². The third-order valence-electron chi connectivity index (χ3n) is 4.11. The van der Waals surface area contributed by atoms with Crippen molar-refractivity contribution < 1.29 is 30.7 Å². The lowest BCUT2D eigenvalue weighted by Crippen LogP contribution is -2.51. The van der Waals surface area contributed by atoms with Crippen molar-refractivity contribution in [2.24, 2.45) is 0 Å². The molecule has 1 aromatic carbocycles. The summed E-state index contributed by atoms with van der Waals surface area (Å²) in [7, 11) is -4.12. The highest BCUT2D eigenvalue weighted by atomic mass is 32.2. The number of benzene rings is 1. The number of rotatable bonds is 3. The molecule has 0 radical (unpaired) electrons. The summed E-state index contributed by atoms with van der Waals surface area (Å²) in [6.07, 6.45) is -5.29. The lowest BCUT2D eigenvalue weighted by atomic mass is 10.1. The van der Waals surface area contributed by atoms with Gasteiger partial charge in [-0.05, 0) is 18.6 Å². The fourth-order valence-electron chi connectivity index (χ4n) is 2.71. The van der Waals surface area contributed by atoms with Crippen molar-refractivity contribution >= 4 is 10.0 Å². The number of alkyl halides is 3. The van der Waals surface area contributed by atoms with Crippen LogP contribution in [-0.2, 0) is 14.8 Å². The Hall–Kier alpha value is -1.91. The number of hydrogen-bond donors (Lipinski definition) is 0. The highest BCUT2D eigenvalue weighted by Gasteiger charge is 2.46. The first-order chi connectivity index (χ1) is 12.1. The first-order valence-electron chi connectivity index (χ1n) is 7.81. The first kappa shape index (κ1) is 18.9. The minimum atomic E-state index is -4.62. The SMILES string of the molecule is Cc1ncc(-c2ccc(C)c(S(=O)(=O)N3CCOC(C(F)(F)F)C3)c2)o1. The zero-order chi connectivity index (χ0) is 19.1. The molecule has 26 heavy (non-hydrogen) atoms. The number of oxazole rings is 1. The summed E-state index contributed by atoms with van der Waals surface area (Å²) >= 11 is 0. The average Bonchev–Trinajstić information content (AvgIpc) is 3.01. The number of aryl methyl sites for hydroxylation is 2. The number of halogens is 3. The molecular weight excluding hydrogens is 373 g/mol. The molecule has 0 amide bonds. The maximum atomic E-state index is 12.9. The summed E-state index contributed by atoms with van der Waals surface area (Å²) in [5.41, 5.74) is 0.912. The summed E-state index contributed by atoms with van der Waals surface area (Å²) in [4.78, 5) is 3.90. The number of sulfonamides is 1. The Balaban J connectivity index is 1.96. The highest BCUT2D eigenvalue weighted by Crippen LogP contribution is 2.31. The first-order valence-corrected chi connectivity index (χ1v) is 9.25. The van der Waals surface area contributed by atoms with E-state index in [1.165, 1.54) is 12.3 Å². The number of hydrogen-bond acceptors (Lipinski definition) is 5. The Bertz CT molecular complexity index is 908. The quantitative estimate of drug-likeness (QED) is 0.806. The fourth-order valence-corrected chi connectivity index (χ4v) is 4.38. The van der Waals surface area contributed by atoms with Gasteiger partial charge in [0.05, 0.1) is 17.7 Å². The number of aromatic nitrogens is 1. The summed E-state index contributed by atoms with van der Waals surface area (Å²) in [6, 6.07) is 4.65. The van der Waals surface area contributed by atoms with E-state index in [2.05, 4.69) is 9.72 Å². The number of morpholine rings is 1. The van der Waals surface area contributed by atoms with Gasteiger partial charge < -0.3 is 9.15 Å². The molecule has 2 heterocycles. The second-order valence-electron chi connectivity index (χ2n) is 5.99. The molecule has 0 bridgehead atoms. The number of nitrogens with zero attached hydrogens (tertiary/aromatic N) is 2. The van der Waals surface area contributed by atoms with E-state index in [1.807, 2.05) is 0 Å². The molecule has 1 aliphatic rings. The van der Waals surface area contributed by atoms with Crippen LogP contribution in [0.15, 0.2) is 33.7 Å². The zero-order valence-electron chi connectivity index (χ0n) is 14.1. The molecule has 1 aromatic heterocycles. The molecule has 0 N–H and O–H groups in total. The maximum Gasteiger partial charge on any atom is 0.415 e. The van der Waals surface area contributed by atoms with E-state index in [0.29, 0.717) is 22.8 Å². The van der Waals surface area contributed by atoms with Gasteiger partial charge in [0.1, 0.15) is 0 Å². The van der Waals surface area contributed by atoms with Crippen LogP contribution in [0.1, 0.15) is 11.5 Å². The molecular formula is C16H17F3N2O4S. The van der Waals surface area contributed by atoms with Crippen molar-refractivity contribution in [3.63, 3.8) is 0 Å². The topological polar surface area (TPSA) is 72.6 Å². The third-order valence-corrected chi connectivity index (χ3v) is 6.11. The molecule has 2 aromatic rings. The van der Waals surface area contributed by atoms with Crippen molar-refractivity contribution in [3.8, 4) is 11.3 Å². The second kappa shape index (κ2) is 6.67. The van der Waals surface area contributed by atoms with Gasteiger partial charge in [-0.15, -0.1) is 0 Å². The Morgan fingerprint density at radius 3 is 2.62 bits per heavy atom. The minimum absolute atomic E-state index is 0.0631. The Morgan fingerprint density at radius 1 is 1.27 bits per heavy atom. The standard InChI is InChI=1S/C16H17F3N2O4S/c1-10-3-4-12(13-8-20-11(2)25-13)7-14(10)26(22,23)21-5-6-24-15(9-21)16(17,18)19/h3-4,7-8,15H,5-6,9H2,1-2H3. The second-order valence-corrected chi connectivity index (χ2v) is 7.89. The molecule has 0 aliphatic carbocycles. The fraction of sp³-hybridized carbons (Fsp3) is 0.438. The maximum absolute atomic E-state index is 12.9. The van der Waals surface area contributed by atoms with Gasteiger partial charge in [-0.3, -0.25) is 0 Å². The van der Waals surface area contributed by atoms with Crippen LogP contribution in [0.2, 0.25) is 0 Å². The van der Waals surface area contributed by atoms with Gasteiger partial charge in [-0.2, -0.15) is 17.5 Å². The Morgan fingerprint density at radius 2 is 2.00 bits per heavy atom. The summed E-state index contributed by atoms with van der Waals surface area (Å²) in [5.74, 6) is 0.806. The predicted octanol–water partition coefficient (Wildman–Crippen LogP) is 2.91. The highest BCUT2D eigenvalue weighted by molar-refractivity contribution is 7.89. The van der Waals surface area contributed by atoms with Gasteiger partial charge in [0.15, 0.2) is 17.8 Å². The van der Waals surface area contributed by atoms with Crippen molar-refractivity contribution in [1.82, 2.24) is 9.29 Å². The van der Waals surface area contributed by atoms with Crippen LogP contribution >= 0.6 is 0 Å². The summed E-state index contributed by atoms with van der Waals surface area (Å²) < 4.78 is 75.5. The molecule has 3 rings (SSSR count). The summed E-state index contributed by atoms with van der Waals surface area (Å²) in [5, 5.41) is 0. The predicted molar refractivity (Wildman–Crippen MR) is 86.0 cm³/mol. The third kappa shape index (κ3) is 3.62. The van der Waals surface area contributed by atoms with Crippen LogP contribution in [0.25, 0.3) is 11.3 Å². The van der Waals surface area contributed by atoms with Crippen LogP contribution in [0, 0.1) is 13.8 Å². The monoisotopic (exact) mass is 390 g/mol. The van der Waals surface area contributed by atoms with Gasteiger partial charge in [-0.1, -0.05) is 12.1 Å². The van der Waals surface area contributed by atoms with E-state index < -0.39 is 28.8 Å². The molecule has 0 saturated carbocycles. The minimum Gasteiger partial charge on any atom is -0.441 e. The van der Waals surface area contributed by atoms with Gasteiger partial charge >= 0.3 is 6.18 Å². The van der Waals surface area contributed by atoms with E-state index in [0.717, 1.165) is 4.31 Å². The largest absolute Gasteiger partial charge is 0.441 e. The molecule has 1 aliphatic heterocycles. The molecule has 10 heteroatoms. The van der Waals surface area contributed by atoms with E-state index in [4.69, 9.17) is 4.42 Å². The zero-order valence-corrected chi connectivity index (χ0v) is 14.9. The smallest absolute Gasteiger partial charge is 0.415 e.